The van der Waals surface area contributed by atoms with Crippen LogP contribution in [0.4, 0.5) is 5.69 Å². The van der Waals surface area contributed by atoms with Gasteiger partial charge in [-0.15, -0.1) is 0 Å². The van der Waals surface area contributed by atoms with Gasteiger partial charge in [0.25, 0.3) is 15.9 Å². The third kappa shape index (κ3) is 5.31. The van der Waals surface area contributed by atoms with E-state index in [9.17, 15) is 13.2 Å². The molecule has 3 aromatic carbocycles. The van der Waals surface area contributed by atoms with Crippen LogP contribution in [0.3, 0.4) is 0 Å². The number of anilines is 1. The minimum atomic E-state index is -3.82. The third-order valence-corrected chi connectivity index (χ3v) is 8.31. The first-order valence-electron chi connectivity index (χ1n) is 11.6. The molecule has 1 aliphatic rings. The second-order valence-corrected chi connectivity index (χ2v) is 11.0. The molecular formula is C27H29ClN2O4S. The predicted octanol–water partition coefficient (Wildman–Crippen LogP) is 6.26. The van der Waals surface area contributed by atoms with Gasteiger partial charge in [-0.3, -0.25) is 9.52 Å². The van der Waals surface area contributed by atoms with Crippen molar-refractivity contribution in [2.75, 3.05) is 4.72 Å². The summed E-state index contributed by atoms with van der Waals surface area (Å²) in [6, 6.07) is 18.5. The molecule has 4 rings (SSSR count). The molecule has 0 bridgehead atoms. The molecule has 0 aliphatic carbocycles. The van der Waals surface area contributed by atoms with Crippen LogP contribution in [-0.2, 0) is 10.0 Å². The van der Waals surface area contributed by atoms with E-state index in [1.54, 1.807) is 12.1 Å². The number of carbonyl (C=O) groups excluding carboxylic acids is 1. The van der Waals surface area contributed by atoms with Gasteiger partial charge in [0.15, 0.2) is 0 Å². The highest BCUT2D eigenvalue weighted by molar-refractivity contribution is 7.92. The van der Waals surface area contributed by atoms with E-state index in [4.69, 9.17) is 16.3 Å². The Hall–Kier alpha value is -3.03. The summed E-state index contributed by atoms with van der Waals surface area (Å²) < 4.78 is 34.5. The molecule has 8 heteroatoms. The molecule has 6 nitrogen and oxygen atoms in total. The fraction of sp³-hybridized carbons (Fsp3) is 0.296. The number of para-hydroxylation sites is 1. The molecule has 0 aromatic heterocycles. The molecule has 0 saturated heterocycles. The second-order valence-electron chi connectivity index (χ2n) is 8.87. The summed E-state index contributed by atoms with van der Waals surface area (Å²) in [4.78, 5) is 13.5. The van der Waals surface area contributed by atoms with Crippen LogP contribution >= 0.6 is 11.6 Å². The van der Waals surface area contributed by atoms with Gasteiger partial charge >= 0.3 is 0 Å². The van der Waals surface area contributed by atoms with Gasteiger partial charge in [-0.25, -0.2) is 8.42 Å². The average Bonchev–Trinajstić information content (AvgIpc) is 2.85. The molecule has 0 spiro atoms. The van der Waals surface area contributed by atoms with Gasteiger partial charge in [-0.1, -0.05) is 61.3 Å². The molecule has 1 amide bonds. The number of hydrogen-bond acceptors (Lipinski definition) is 4. The molecular weight excluding hydrogens is 484 g/mol. The fourth-order valence-corrected chi connectivity index (χ4v) is 5.61. The maximum atomic E-state index is 13.3. The summed E-state index contributed by atoms with van der Waals surface area (Å²) >= 11 is 6.36. The topological polar surface area (TPSA) is 84.5 Å². The Bertz CT molecular complexity index is 1340. The maximum absolute atomic E-state index is 13.3. The standard InChI is InChI=1S/C27H29ClN2O4S/c1-4-27(5-2)17-24(21-8-6-7-9-25(21)34-27)29-26(31)22-16-19(12-15-23(22)28)30-35(32,33)20-13-10-18(3)11-14-20/h6-16,24,30H,4-5,17H2,1-3H3,(H,29,31)/t24-/m1/s1. The van der Waals surface area contributed by atoms with Gasteiger partial charge < -0.3 is 10.1 Å². The van der Waals surface area contributed by atoms with Crippen molar-refractivity contribution in [3.63, 3.8) is 0 Å². The molecule has 184 valence electrons. The van der Waals surface area contributed by atoms with Crippen molar-refractivity contribution in [2.45, 2.75) is 56.6 Å². The van der Waals surface area contributed by atoms with Crippen LogP contribution < -0.4 is 14.8 Å². The van der Waals surface area contributed by atoms with Gasteiger partial charge in [0, 0.05) is 17.7 Å². The molecule has 2 N–H and O–H groups in total. The van der Waals surface area contributed by atoms with Crippen LogP contribution in [0.5, 0.6) is 5.75 Å². The van der Waals surface area contributed by atoms with Gasteiger partial charge in [-0.05, 0) is 56.2 Å². The number of carbonyl (C=O) groups is 1. The van der Waals surface area contributed by atoms with E-state index < -0.39 is 10.0 Å². The predicted molar refractivity (Wildman–Crippen MR) is 139 cm³/mol. The van der Waals surface area contributed by atoms with Crippen LogP contribution in [0.25, 0.3) is 0 Å². The first kappa shape index (κ1) is 25.1. The highest BCUT2D eigenvalue weighted by atomic mass is 35.5. The summed E-state index contributed by atoms with van der Waals surface area (Å²) in [5, 5.41) is 3.34. The molecule has 3 aromatic rings. The normalized spacial score (nSPS) is 16.6. The van der Waals surface area contributed by atoms with Crippen LogP contribution in [-0.4, -0.2) is 19.9 Å². The molecule has 1 aliphatic heterocycles. The van der Waals surface area contributed by atoms with Crippen molar-refractivity contribution in [3.05, 3.63) is 88.4 Å². The van der Waals surface area contributed by atoms with E-state index in [0.717, 1.165) is 29.7 Å². The number of hydrogen-bond donors (Lipinski definition) is 2. The van der Waals surface area contributed by atoms with Gasteiger partial charge in [0.2, 0.25) is 0 Å². The Labute approximate surface area is 211 Å². The molecule has 0 unspecified atom stereocenters. The van der Waals surface area contributed by atoms with Crippen molar-refractivity contribution in [2.24, 2.45) is 0 Å². The lowest BCUT2D eigenvalue weighted by Gasteiger charge is -2.41. The van der Waals surface area contributed by atoms with Crippen LogP contribution in [0.2, 0.25) is 5.02 Å². The third-order valence-electron chi connectivity index (χ3n) is 6.59. The zero-order valence-corrected chi connectivity index (χ0v) is 21.5. The lowest BCUT2D eigenvalue weighted by molar-refractivity contribution is 0.0227. The molecule has 1 heterocycles. The van der Waals surface area contributed by atoms with Gasteiger partial charge in [0.1, 0.15) is 11.4 Å². The smallest absolute Gasteiger partial charge is 0.261 e. The summed E-state index contributed by atoms with van der Waals surface area (Å²) in [5.41, 5.74) is 1.94. The van der Waals surface area contributed by atoms with Crippen molar-refractivity contribution in [1.29, 1.82) is 0 Å². The van der Waals surface area contributed by atoms with E-state index in [0.29, 0.717) is 6.42 Å². The fourth-order valence-electron chi connectivity index (χ4n) is 4.36. The Morgan fingerprint density at radius 1 is 1.06 bits per heavy atom. The lowest BCUT2D eigenvalue weighted by Crippen LogP contribution is -2.44. The van der Waals surface area contributed by atoms with Gasteiger partial charge in [0.05, 0.1) is 21.5 Å². The SMILES string of the molecule is CCC1(CC)C[C@@H](NC(=O)c2cc(NS(=O)(=O)c3ccc(C)cc3)ccc2Cl)c2ccccc2O1. The number of benzene rings is 3. The Kier molecular flexibility index (Phi) is 7.10. The zero-order chi connectivity index (χ0) is 25.2. The summed E-state index contributed by atoms with van der Waals surface area (Å²) in [5.74, 6) is 0.382. The number of aryl methyl sites for hydroxylation is 1. The Morgan fingerprint density at radius 3 is 2.43 bits per heavy atom. The van der Waals surface area contributed by atoms with E-state index in [-0.39, 0.29) is 38.7 Å². The number of sulfonamides is 1. The van der Waals surface area contributed by atoms with E-state index in [2.05, 4.69) is 23.9 Å². The largest absolute Gasteiger partial charge is 0.487 e. The van der Waals surface area contributed by atoms with Crippen LogP contribution in [0, 0.1) is 6.92 Å². The van der Waals surface area contributed by atoms with E-state index in [1.807, 2.05) is 31.2 Å². The van der Waals surface area contributed by atoms with E-state index in [1.165, 1.54) is 30.3 Å². The van der Waals surface area contributed by atoms with Crippen LogP contribution in [0.15, 0.2) is 71.6 Å². The number of halogens is 1. The maximum Gasteiger partial charge on any atom is 0.261 e. The van der Waals surface area contributed by atoms with Gasteiger partial charge in [-0.2, -0.15) is 0 Å². The second kappa shape index (κ2) is 9.91. The molecule has 0 saturated carbocycles. The lowest BCUT2D eigenvalue weighted by atomic mass is 9.83. The highest BCUT2D eigenvalue weighted by Crippen LogP contribution is 2.42. The minimum absolute atomic E-state index is 0.137. The van der Waals surface area contributed by atoms with Crippen molar-refractivity contribution in [3.8, 4) is 5.75 Å². The summed E-state index contributed by atoms with van der Waals surface area (Å²) in [6.07, 6.45) is 2.24. The molecule has 35 heavy (non-hydrogen) atoms. The van der Waals surface area contributed by atoms with Crippen molar-refractivity contribution >= 4 is 33.2 Å². The molecule has 0 fully saturated rings. The number of rotatable bonds is 7. The molecule has 1 atom stereocenters. The molecule has 0 radical (unpaired) electrons. The number of ether oxygens (including phenoxy) is 1. The summed E-state index contributed by atoms with van der Waals surface area (Å²) in [7, 11) is -3.82. The highest BCUT2D eigenvalue weighted by Gasteiger charge is 2.39. The quantitative estimate of drug-likeness (QED) is 0.391. The van der Waals surface area contributed by atoms with Crippen LogP contribution in [0.1, 0.15) is 60.6 Å². The monoisotopic (exact) mass is 512 g/mol. The number of nitrogens with one attached hydrogen (secondary N) is 2. The minimum Gasteiger partial charge on any atom is -0.487 e. The van der Waals surface area contributed by atoms with Crippen molar-refractivity contribution < 1.29 is 17.9 Å². The number of amides is 1. The average molecular weight is 513 g/mol. The number of fused-ring (bicyclic) bond motifs is 1. The van der Waals surface area contributed by atoms with E-state index >= 15 is 0 Å². The Balaban J connectivity index is 1.59. The summed E-state index contributed by atoms with van der Waals surface area (Å²) in [6.45, 7) is 6.05. The Morgan fingerprint density at radius 2 is 1.74 bits per heavy atom. The van der Waals surface area contributed by atoms with Crippen molar-refractivity contribution in [1.82, 2.24) is 5.32 Å². The zero-order valence-electron chi connectivity index (χ0n) is 20.0. The first-order chi connectivity index (χ1) is 16.7. The first-order valence-corrected chi connectivity index (χ1v) is 13.5.